The Kier molecular flexibility index (Phi) is 2.22. The minimum absolute atomic E-state index is 0.712. The summed E-state index contributed by atoms with van der Waals surface area (Å²) < 4.78 is 1.55. The molecule has 0 saturated carbocycles. The summed E-state index contributed by atoms with van der Waals surface area (Å²) in [7, 11) is 0. The molecule has 0 heterocycles. The fraction of sp³-hybridized carbons (Fsp3) is 0.500. The summed E-state index contributed by atoms with van der Waals surface area (Å²) >= 11 is 2.22. The Balaban J connectivity index is 2.77. The Labute approximate surface area is 66.2 Å². The van der Waals surface area contributed by atoms with Crippen LogP contribution in [0.1, 0.15) is 20.3 Å². The van der Waals surface area contributed by atoms with Gasteiger partial charge < -0.3 is 0 Å². The van der Waals surface area contributed by atoms with Crippen LogP contribution in [0.15, 0.2) is 22.0 Å². The Morgan fingerprint density at radius 2 is 2.22 bits per heavy atom. The van der Waals surface area contributed by atoms with Gasteiger partial charge in [0.1, 0.15) is 0 Å². The van der Waals surface area contributed by atoms with Crippen molar-refractivity contribution in [2.75, 3.05) is 0 Å². The van der Waals surface area contributed by atoms with Crippen LogP contribution in [0, 0.1) is 5.92 Å². The van der Waals surface area contributed by atoms with Crippen LogP contribution in [0.25, 0.3) is 0 Å². The zero-order valence-electron chi connectivity index (χ0n) is 6.44. The van der Waals surface area contributed by atoms with Crippen molar-refractivity contribution in [1.29, 1.82) is 0 Å². The molecule has 0 amide bonds. The van der Waals surface area contributed by atoms with Gasteiger partial charge >= 0.3 is 65.9 Å². The summed E-state index contributed by atoms with van der Waals surface area (Å²) in [5.41, 5.74) is 1.54. The van der Waals surface area contributed by atoms with E-state index >= 15 is 0 Å². The van der Waals surface area contributed by atoms with E-state index in [1.807, 2.05) is 0 Å². The van der Waals surface area contributed by atoms with Gasteiger partial charge in [0.2, 0.25) is 0 Å². The zero-order chi connectivity index (χ0) is 6.85. The third kappa shape index (κ3) is 1.51. The van der Waals surface area contributed by atoms with Gasteiger partial charge in [0.05, 0.1) is 0 Å². The molecule has 1 aliphatic rings. The van der Waals surface area contributed by atoms with Crippen molar-refractivity contribution in [2.24, 2.45) is 5.92 Å². The summed E-state index contributed by atoms with van der Waals surface area (Å²) in [6.07, 6.45) is 5.66. The maximum atomic E-state index is 2.25. The predicted molar refractivity (Wildman–Crippen MR) is 41.4 cm³/mol. The van der Waals surface area contributed by atoms with E-state index in [0.29, 0.717) is 5.92 Å². The summed E-state index contributed by atoms with van der Waals surface area (Å²) in [6, 6.07) is 0. The maximum absolute atomic E-state index is 2.25. The summed E-state index contributed by atoms with van der Waals surface area (Å²) in [5, 5.41) is 0. The molecule has 0 nitrogen and oxygen atoms in total. The molecule has 0 aromatic rings. The van der Waals surface area contributed by atoms with Crippen LogP contribution in [-0.4, -0.2) is 17.7 Å². The van der Waals surface area contributed by atoms with Gasteiger partial charge in [-0.05, 0) is 0 Å². The molecule has 0 aliphatic heterocycles. The number of allylic oxidation sites excluding steroid dienone is 4. The van der Waals surface area contributed by atoms with Crippen molar-refractivity contribution in [3.63, 3.8) is 0 Å². The Hall–Kier alpha value is 0.0774. The molecule has 9 heavy (non-hydrogen) atoms. The SMILES string of the molecule is [Li][C]1=C(C(C)C)C=CC1. The van der Waals surface area contributed by atoms with Crippen LogP contribution in [0.3, 0.4) is 0 Å². The first-order valence-corrected chi connectivity index (χ1v) is 3.58. The molecule has 0 spiro atoms. The quantitative estimate of drug-likeness (QED) is 0.457. The first-order valence-electron chi connectivity index (χ1n) is 3.58. The van der Waals surface area contributed by atoms with Crippen LogP contribution in [-0.2, 0) is 0 Å². The van der Waals surface area contributed by atoms with Crippen LogP contribution in [0.2, 0.25) is 0 Å². The van der Waals surface area contributed by atoms with E-state index in [-0.39, 0.29) is 0 Å². The molecule has 0 fully saturated rings. The van der Waals surface area contributed by atoms with Gasteiger partial charge in [0.15, 0.2) is 0 Å². The molecule has 0 aromatic heterocycles. The van der Waals surface area contributed by atoms with Gasteiger partial charge in [0.25, 0.3) is 0 Å². The molecule has 0 saturated heterocycles. The normalized spacial score (nSPS) is 18.3. The molecule has 1 aliphatic carbocycles. The van der Waals surface area contributed by atoms with Gasteiger partial charge in [-0.25, -0.2) is 0 Å². The molecule has 0 N–H and O–H groups in total. The van der Waals surface area contributed by atoms with Crippen molar-refractivity contribution >= 4 is 17.7 Å². The zero-order valence-corrected chi connectivity index (χ0v) is 6.44. The summed E-state index contributed by atoms with van der Waals surface area (Å²) in [5.74, 6) is 0.712. The monoisotopic (exact) mass is 114 g/mol. The van der Waals surface area contributed by atoms with Crippen molar-refractivity contribution in [1.82, 2.24) is 0 Å². The van der Waals surface area contributed by atoms with E-state index in [2.05, 4.69) is 43.7 Å². The second kappa shape index (κ2) is 2.77. The number of hydrogen-bond acceptors (Lipinski definition) is 0. The topological polar surface area (TPSA) is 0 Å². The molecule has 1 rings (SSSR count). The third-order valence-electron chi connectivity index (χ3n) is 1.84. The van der Waals surface area contributed by atoms with E-state index in [1.165, 1.54) is 12.0 Å². The average molecular weight is 114 g/mol. The second-order valence-electron chi connectivity index (χ2n) is 3.00. The molecule has 0 aromatic carbocycles. The fourth-order valence-corrected chi connectivity index (χ4v) is 1.31. The van der Waals surface area contributed by atoms with Gasteiger partial charge in [0, 0.05) is 0 Å². The van der Waals surface area contributed by atoms with Crippen molar-refractivity contribution in [3.05, 3.63) is 22.0 Å². The molecule has 44 valence electrons. The average Bonchev–Trinajstić information content (AvgIpc) is 2.13. The second-order valence-corrected chi connectivity index (χ2v) is 3.00. The Morgan fingerprint density at radius 1 is 1.56 bits per heavy atom. The molecule has 0 radical (unpaired) electrons. The van der Waals surface area contributed by atoms with Crippen molar-refractivity contribution in [2.45, 2.75) is 20.3 Å². The van der Waals surface area contributed by atoms with E-state index in [9.17, 15) is 0 Å². The number of rotatable bonds is 1. The summed E-state index contributed by atoms with van der Waals surface area (Å²) in [6.45, 7) is 4.49. The molecule has 0 bridgehead atoms. The first-order chi connectivity index (χ1) is 4.22. The molecule has 0 atom stereocenters. The standard InChI is InChI=1S/C8H11.Li/c1-7(2)8-5-3-4-6-8;/h3,5,7H,4H2,1-2H3;. The van der Waals surface area contributed by atoms with Crippen molar-refractivity contribution < 1.29 is 0 Å². The van der Waals surface area contributed by atoms with E-state index in [0.717, 1.165) is 0 Å². The van der Waals surface area contributed by atoms with Crippen LogP contribution in [0.5, 0.6) is 0 Å². The van der Waals surface area contributed by atoms with Gasteiger partial charge in [-0.3, -0.25) is 0 Å². The minimum atomic E-state index is 0.712. The van der Waals surface area contributed by atoms with E-state index < -0.39 is 0 Å². The van der Waals surface area contributed by atoms with Crippen molar-refractivity contribution in [3.8, 4) is 0 Å². The van der Waals surface area contributed by atoms with Gasteiger partial charge in [-0.2, -0.15) is 0 Å². The Morgan fingerprint density at radius 3 is 2.44 bits per heavy atom. The molecular formula is C8H11Li. The predicted octanol–water partition coefficient (Wildman–Crippen LogP) is 2.02. The van der Waals surface area contributed by atoms with E-state index in [1.54, 1.807) is 4.25 Å². The van der Waals surface area contributed by atoms with E-state index in [4.69, 9.17) is 0 Å². The van der Waals surface area contributed by atoms with Crippen LogP contribution < -0.4 is 0 Å². The molecule has 0 unspecified atom stereocenters. The van der Waals surface area contributed by atoms with Crippen LogP contribution >= 0.6 is 0 Å². The van der Waals surface area contributed by atoms with Gasteiger partial charge in [-0.1, -0.05) is 0 Å². The fourth-order valence-electron chi connectivity index (χ4n) is 1.31. The molecule has 1 heteroatoms. The first kappa shape index (κ1) is 7.19. The number of hydrogen-bond donors (Lipinski definition) is 0. The Bertz CT molecular complexity index is 163. The molecular weight excluding hydrogens is 103 g/mol. The summed E-state index contributed by atoms with van der Waals surface area (Å²) in [4.78, 5) is 0. The third-order valence-corrected chi connectivity index (χ3v) is 1.84. The van der Waals surface area contributed by atoms with Crippen LogP contribution in [0.4, 0.5) is 0 Å². The van der Waals surface area contributed by atoms with Gasteiger partial charge in [-0.15, -0.1) is 0 Å².